The van der Waals surface area contributed by atoms with Crippen LogP contribution in [0.3, 0.4) is 0 Å². The van der Waals surface area contributed by atoms with Crippen molar-refractivity contribution in [2.24, 2.45) is 0 Å². The van der Waals surface area contributed by atoms with Crippen molar-refractivity contribution in [2.75, 3.05) is 14.1 Å². The zero-order chi connectivity index (χ0) is 15.0. The molecule has 1 N–H and O–H groups in total. The summed E-state index contributed by atoms with van der Waals surface area (Å²) in [5.74, 6) is -0.172. The highest BCUT2D eigenvalue weighted by atomic mass is 16.3. The van der Waals surface area contributed by atoms with Gasteiger partial charge in [0.25, 0.3) is 5.91 Å². The average Bonchev–Trinajstić information content (AvgIpc) is 2.69. The largest absolute Gasteiger partial charge is 0.365 e. The quantitative estimate of drug-likeness (QED) is 0.936. The van der Waals surface area contributed by atoms with E-state index in [0.29, 0.717) is 17.5 Å². The van der Waals surface area contributed by atoms with E-state index in [0.717, 1.165) is 5.56 Å². The van der Waals surface area contributed by atoms with Crippen LogP contribution in [0.2, 0.25) is 0 Å². The van der Waals surface area contributed by atoms with Crippen LogP contribution < -0.4 is 0 Å². The Morgan fingerprint density at radius 2 is 1.67 bits per heavy atom. The van der Waals surface area contributed by atoms with E-state index in [1.807, 2.05) is 48.5 Å². The molecular formula is C17H18N2O2. The van der Waals surface area contributed by atoms with Gasteiger partial charge in [0.15, 0.2) is 5.72 Å². The Labute approximate surface area is 124 Å². The molecule has 1 atom stereocenters. The molecule has 0 aliphatic carbocycles. The molecule has 1 aliphatic heterocycles. The molecule has 1 heterocycles. The van der Waals surface area contributed by atoms with Gasteiger partial charge in [-0.1, -0.05) is 48.5 Å². The number of benzene rings is 2. The summed E-state index contributed by atoms with van der Waals surface area (Å²) in [7, 11) is 3.53. The van der Waals surface area contributed by atoms with E-state index in [1.54, 1.807) is 25.2 Å². The van der Waals surface area contributed by atoms with E-state index in [9.17, 15) is 9.90 Å². The van der Waals surface area contributed by atoms with E-state index in [-0.39, 0.29) is 5.91 Å². The molecule has 1 unspecified atom stereocenters. The lowest BCUT2D eigenvalue weighted by Crippen LogP contribution is -2.52. The molecule has 0 saturated carbocycles. The van der Waals surface area contributed by atoms with Crippen molar-refractivity contribution >= 4 is 5.91 Å². The van der Waals surface area contributed by atoms with E-state index in [4.69, 9.17) is 0 Å². The second-order valence-corrected chi connectivity index (χ2v) is 5.49. The van der Waals surface area contributed by atoms with Crippen molar-refractivity contribution in [3.05, 3.63) is 71.3 Å². The number of hydrogen-bond acceptors (Lipinski definition) is 3. The van der Waals surface area contributed by atoms with Crippen molar-refractivity contribution < 1.29 is 9.90 Å². The standard InChI is InChI=1S/C17H18N2O2/c1-18(2)19-16(20)14-10-6-7-11-15(14)17(19,21)12-13-8-4-3-5-9-13/h3-11,21H,12H2,1-2H3. The summed E-state index contributed by atoms with van der Waals surface area (Å²) in [5, 5.41) is 14.3. The molecule has 4 nitrogen and oxygen atoms in total. The molecule has 4 heteroatoms. The van der Waals surface area contributed by atoms with Crippen LogP contribution in [0.4, 0.5) is 0 Å². The minimum absolute atomic E-state index is 0.172. The third kappa shape index (κ3) is 2.13. The summed E-state index contributed by atoms with van der Waals surface area (Å²) in [6, 6.07) is 17.0. The van der Waals surface area contributed by atoms with Gasteiger partial charge in [0, 0.05) is 31.6 Å². The van der Waals surface area contributed by atoms with Crippen LogP contribution in [0, 0.1) is 0 Å². The van der Waals surface area contributed by atoms with Gasteiger partial charge in [0.2, 0.25) is 0 Å². The number of rotatable bonds is 3. The smallest absolute Gasteiger partial charge is 0.271 e. The molecule has 0 bridgehead atoms. The zero-order valence-electron chi connectivity index (χ0n) is 12.2. The highest BCUT2D eigenvalue weighted by Gasteiger charge is 2.49. The van der Waals surface area contributed by atoms with Crippen molar-refractivity contribution in [3.63, 3.8) is 0 Å². The van der Waals surface area contributed by atoms with Crippen LogP contribution in [0.15, 0.2) is 54.6 Å². The van der Waals surface area contributed by atoms with Gasteiger partial charge in [0.1, 0.15) is 0 Å². The Bertz CT molecular complexity index is 670. The molecule has 0 spiro atoms. The number of fused-ring (bicyclic) bond motifs is 1. The second-order valence-electron chi connectivity index (χ2n) is 5.49. The summed E-state index contributed by atoms with van der Waals surface area (Å²) >= 11 is 0. The fourth-order valence-electron chi connectivity index (χ4n) is 2.98. The van der Waals surface area contributed by atoms with E-state index < -0.39 is 5.72 Å². The van der Waals surface area contributed by atoms with Crippen LogP contribution in [0.25, 0.3) is 0 Å². The van der Waals surface area contributed by atoms with E-state index in [1.165, 1.54) is 5.01 Å². The minimum Gasteiger partial charge on any atom is -0.365 e. The van der Waals surface area contributed by atoms with Gasteiger partial charge < -0.3 is 5.11 Å². The van der Waals surface area contributed by atoms with Crippen LogP contribution in [0.5, 0.6) is 0 Å². The van der Waals surface area contributed by atoms with Gasteiger partial charge >= 0.3 is 0 Å². The second kappa shape index (κ2) is 4.98. The summed E-state index contributed by atoms with van der Waals surface area (Å²) in [4.78, 5) is 12.6. The number of carbonyl (C=O) groups is 1. The predicted molar refractivity (Wildman–Crippen MR) is 80.3 cm³/mol. The number of aliphatic hydroxyl groups is 1. The molecule has 1 amide bonds. The lowest BCUT2D eigenvalue weighted by atomic mass is 9.95. The lowest BCUT2D eigenvalue weighted by Gasteiger charge is -2.38. The molecule has 0 fully saturated rings. The first-order valence-corrected chi connectivity index (χ1v) is 6.91. The first-order valence-electron chi connectivity index (χ1n) is 6.91. The third-order valence-electron chi connectivity index (χ3n) is 3.83. The SMILES string of the molecule is CN(C)N1C(=O)c2ccccc2C1(O)Cc1ccccc1. The van der Waals surface area contributed by atoms with Gasteiger partial charge in [-0.05, 0) is 11.6 Å². The molecular weight excluding hydrogens is 264 g/mol. The number of hydrogen-bond donors (Lipinski definition) is 1. The molecule has 21 heavy (non-hydrogen) atoms. The van der Waals surface area contributed by atoms with Crippen LogP contribution in [-0.4, -0.2) is 35.1 Å². The fourth-order valence-corrected chi connectivity index (χ4v) is 2.98. The Balaban J connectivity index is 2.10. The van der Waals surface area contributed by atoms with Crippen LogP contribution in [-0.2, 0) is 12.1 Å². The Hall–Kier alpha value is -2.17. The van der Waals surface area contributed by atoms with E-state index in [2.05, 4.69) is 0 Å². The van der Waals surface area contributed by atoms with Crippen LogP contribution in [0.1, 0.15) is 21.5 Å². The predicted octanol–water partition coefficient (Wildman–Crippen LogP) is 2.01. The van der Waals surface area contributed by atoms with E-state index >= 15 is 0 Å². The van der Waals surface area contributed by atoms with Gasteiger partial charge in [-0.2, -0.15) is 0 Å². The number of carbonyl (C=O) groups excluding carboxylic acids is 1. The number of hydrazine groups is 1. The fraction of sp³-hybridized carbons (Fsp3) is 0.235. The zero-order valence-corrected chi connectivity index (χ0v) is 12.2. The molecule has 0 aromatic heterocycles. The van der Waals surface area contributed by atoms with Crippen LogP contribution >= 0.6 is 0 Å². The molecule has 2 aromatic rings. The Kier molecular flexibility index (Phi) is 3.27. The normalized spacial score (nSPS) is 21.0. The van der Waals surface area contributed by atoms with Gasteiger partial charge in [-0.3, -0.25) is 4.79 Å². The molecule has 1 aliphatic rings. The van der Waals surface area contributed by atoms with Gasteiger partial charge in [0.05, 0.1) is 0 Å². The maximum Gasteiger partial charge on any atom is 0.271 e. The Morgan fingerprint density at radius 3 is 2.33 bits per heavy atom. The summed E-state index contributed by atoms with van der Waals surface area (Å²) in [6.45, 7) is 0. The molecule has 0 saturated heterocycles. The molecule has 0 radical (unpaired) electrons. The van der Waals surface area contributed by atoms with Crippen molar-refractivity contribution in [1.82, 2.24) is 10.0 Å². The van der Waals surface area contributed by atoms with Crippen molar-refractivity contribution in [1.29, 1.82) is 0 Å². The highest BCUT2D eigenvalue weighted by molar-refractivity contribution is 5.99. The lowest BCUT2D eigenvalue weighted by molar-refractivity contribution is -0.163. The summed E-state index contributed by atoms with van der Waals surface area (Å²) in [5.41, 5.74) is 0.854. The van der Waals surface area contributed by atoms with Gasteiger partial charge in [-0.15, -0.1) is 0 Å². The topological polar surface area (TPSA) is 43.8 Å². The maximum absolute atomic E-state index is 12.6. The molecule has 108 valence electrons. The number of nitrogens with zero attached hydrogens (tertiary/aromatic N) is 2. The first-order chi connectivity index (χ1) is 10.0. The maximum atomic E-state index is 12.6. The third-order valence-corrected chi connectivity index (χ3v) is 3.83. The molecule has 2 aromatic carbocycles. The monoisotopic (exact) mass is 282 g/mol. The van der Waals surface area contributed by atoms with Gasteiger partial charge in [-0.25, -0.2) is 10.0 Å². The summed E-state index contributed by atoms with van der Waals surface area (Å²) in [6.07, 6.45) is 0.356. The Morgan fingerprint density at radius 1 is 1.05 bits per heavy atom. The van der Waals surface area contributed by atoms with Crippen molar-refractivity contribution in [2.45, 2.75) is 12.1 Å². The average molecular weight is 282 g/mol. The number of amides is 1. The summed E-state index contributed by atoms with van der Waals surface area (Å²) < 4.78 is 0. The highest BCUT2D eigenvalue weighted by Crippen LogP contribution is 2.39. The first kappa shape index (κ1) is 13.8. The minimum atomic E-state index is -1.35. The molecule has 3 rings (SSSR count). The van der Waals surface area contributed by atoms with Crippen molar-refractivity contribution in [3.8, 4) is 0 Å².